The summed E-state index contributed by atoms with van der Waals surface area (Å²) in [5.41, 5.74) is 1.41. The molecular formula is C17H26N2O. The molecule has 0 aromatic heterocycles. The quantitative estimate of drug-likeness (QED) is 0.863. The average molecular weight is 274 g/mol. The van der Waals surface area contributed by atoms with Crippen LogP contribution in [0.1, 0.15) is 37.8 Å². The van der Waals surface area contributed by atoms with E-state index in [4.69, 9.17) is 4.74 Å². The summed E-state index contributed by atoms with van der Waals surface area (Å²) in [6.07, 6.45) is 4.70. The molecule has 2 aliphatic heterocycles. The molecule has 3 heteroatoms. The lowest BCUT2D eigenvalue weighted by Gasteiger charge is -2.33. The van der Waals surface area contributed by atoms with Crippen molar-refractivity contribution in [2.45, 2.75) is 44.4 Å². The third-order valence-electron chi connectivity index (χ3n) is 4.51. The van der Waals surface area contributed by atoms with Crippen LogP contribution in [-0.2, 0) is 4.74 Å². The van der Waals surface area contributed by atoms with Gasteiger partial charge in [0.25, 0.3) is 0 Å². The maximum Gasteiger partial charge on any atom is 0.0707 e. The number of fused-ring (bicyclic) bond motifs is 2. The highest BCUT2D eigenvalue weighted by atomic mass is 16.5. The smallest absolute Gasteiger partial charge is 0.0707 e. The normalized spacial score (nSPS) is 27.6. The van der Waals surface area contributed by atoms with Gasteiger partial charge in [-0.1, -0.05) is 37.3 Å². The van der Waals surface area contributed by atoms with E-state index < -0.39 is 0 Å². The zero-order valence-electron chi connectivity index (χ0n) is 12.4. The van der Waals surface area contributed by atoms with Gasteiger partial charge in [0, 0.05) is 25.7 Å². The number of benzene rings is 1. The maximum atomic E-state index is 5.91. The predicted octanol–water partition coefficient (Wildman–Crippen LogP) is 2.59. The molecule has 3 unspecified atom stereocenters. The third-order valence-corrected chi connectivity index (χ3v) is 4.51. The minimum Gasteiger partial charge on any atom is -0.372 e. The van der Waals surface area contributed by atoms with Crippen LogP contribution in [0, 0.1) is 0 Å². The zero-order chi connectivity index (χ0) is 13.8. The van der Waals surface area contributed by atoms with E-state index in [9.17, 15) is 0 Å². The third kappa shape index (κ3) is 3.40. The van der Waals surface area contributed by atoms with E-state index in [0.29, 0.717) is 18.2 Å². The van der Waals surface area contributed by atoms with Crippen LogP contribution in [0.3, 0.4) is 0 Å². The molecule has 1 N–H and O–H groups in total. The fraction of sp³-hybridized carbons (Fsp3) is 0.647. The number of nitrogens with one attached hydrogen (secondary N) is 1. The van der Waals surface area contributed by atoms with E-state index in [0.717, 1.165) is 19.6 Å². The van der Waals surface area contributed by atoms with Crippen molar-refractivity contribution in [1.82, 2.24) is 10.2 Å². The second-order valence-electron chi connectivity index (χ2n) is 6.03. The van der Waals surface area contributed by atoms with E-state index in [-0.39, 0.29) is 0 Å². The molecule has 0 radical (unpaired) electrons. The Labute approximate surface area is 122 Å². The molecular weight excluding hydrogens is 248 g/mol. The largest absolute Gasteiger partial charge is 0.372 e. The summed E-state index contributed by atoms with van der Waals surface area (Å²) in [5, 5.41) is 3.62. The van der Waals surface area contributed by atoms with Gasteiger partial charge in [-0.2, -0.15) is 0 Å². The van der Waals surface area contributed by atoms with Gasteiger partial charge in [0.05, 0.1) is 12.2 Å². The van der Waals surface area contributed by atoms with Gasteiger partial charge in [0.2, 0.25) is 0 Å². The van der Waals surface area contributed by atoms with E-state index in [1.807, 2.05) is 0 Å². The van der Waals surface area contributed by atoms with E-state index in [1.165, 1.54) is 31.4 Å². The van der Waals surface area contributed by atoms with E-state index >= 15 is 0 Å². The summed E-state index contributed by atoms with van der Waals surface area (Å²) < 4.78 is 5.91. The molecule has 110 valence electrons. The lowest BCUT2D eigenvalue weighted by molar-refractivity contribution is -0.0390. The van der Waals surface area contributed by atoms with Crippen LogP contribution in [0.2, 0.25) is 0 Å². The van der Waals surface area contributed by atoms with Crippen LogP contribution in [0.15, 0.2) is 30.3 Å². The molecule has 2 heterocycles. The van der Waals surface area contributed by atoms with Gasteiger partial charge in [-0.25, -0.2) is 0 Å². The number of nitrogens with zero attached hydrogens (tertiary/aromatic N) is 1. The van der Waals surface area contributed by atoms with Gasteiger partial charge in [-0.3, -0.25) is 4.90 Å². The van der Waals surface area contributed by atoms with Crippen LogP contribution in [0.4, 0.5) is 0 Å². The van der Waals surface area contributed by atoms with Crippen molar-refractivity contribution in [3.63, 3.8) is 0 Å². The van der Waals surface area contributed by atoms with Crippen molar-refractivity contribution in [1.29, 1.82) is 0 Å². The molecule has 2 fully saturated rings. The molecule has 0 saturated carbocycles. The monoisotopic (exact) mass is 274 g/mol. The number of rotatable bonds is 6. The molecule has 0 amide bonds. The topological polar surface area (TPSA) is 24.5 Å². The van der Waals surface area contributed by atoms with Gasteiger partial charge in [0.15, 0.2) is 0 Å². The Morgan fingerprint density at radius 2 is 1.90 bits per heavy atom. The Morgan fingerprint density at radius 3 is 2.55 bits per heavy atom. The maximum absolute atomic E-state index is 5.91. The van der Waals surface area contributed by atoms with Gasteiger partial charge < -0.3 is 10.1 Å². The van der Waals surface area contributed by atoms with Crippen molar-refractivity contribution in [2.24, 2.45) is 0 Å². The summed E-state index contributed by atoms with van der Waals surface area (Å²) in [6.45, 7) is 6.63. The Hall–Kier alpha value is -0.900. The molecule has 3 rings (SSSR count). The zero-order valence-corrected chi connectivity index (χ0v) is 12.4. The second-order valence-corrected chi connectivity index (χ2v) is 6.03. The van der Waals surface area contributed by atoms with Crippen LogP contribution < -0.4 is 5.32 Å². The van der Waals surface area contributed by atoms with Crippen LogP contribution >= 0.6 is 0 Å². The number of hydrogen-bond donors (Lipinski definition) is 1. The molecule has 1 aromatic carbocycles. The van der Waals surface area contributed by atoms with Gasteiger partial charge in [-0.15, -0.1) is 0 Å². The summed E-state index contributed by atoms with van der Waals surface area (Å²) >= 11 is 0. The number of ether oxygens (including phenoxy) is 1. The fourth-order valence-electron chi connectivity index (χ4n) is 3.51. The molecule has 3 nitrogen and oxygen atoms in total. The Balaban J connectivity index is 1.54. The van der Waals surface area contributed by atoms with Crippen molar-refractivity contribution < 1.29 is 4.74 Å². The molecule has 0 spiro atoms. The van der Waals surface area contributed by atoms with Crippen molar-refractivity contribution in [3.8, 4) is 0 Å². The van der Waals surface area contributed by atoms with Crippen molar-refractivity contribution >= 4 is 0 Å². The van der Waals surface area contributed by atoms with Gasteiger partial charge in [-0.05, 0) is 31.4 Å². The highest BCUT2D eigenvalue weighted by Crippen LogP contribution is 2.27. The lowest BCUT2D eigenvalue weighted by atomic mass is 10.0. The highest BCUT2D eigenvalue weighted by Gasteiger charge is 2.33. The number of likely N-dealkylation sites (tertiary alicyclic amines) is 1. The molecule has 0 aliphatic carbocycles. The fourth-order valence-corrected chi connectivity index (χ4v) is 3.51. The molecule has 1 aromatic rings. The van der Waals surface area contributed by atoms with Crippen LogP contribution in [0.25, 0.3) is 0 Å². The predicted molar refractivity (Wildman–Crippen MR) is 81.8 cm³/mol. The molecule has 20 heavy (non-hydrogen) atoms. The summed E-state index contributed by atoms with van der Waals surface area (Å²) in [4.78, 5) is 2.60. The highest BCUT2D eigenvalue weighted by molar-refractivity contribution is 5.18. The average Bonchev–Trinajstić information content (AvgIpc) is 2.83. The summed E-state index contributed by atoms with van der Waals surface area (Å²) in [6, 6.07) is 11.3. The number of hydrogen-bond acceptors (Lipinski definition) is 3. The Kier molecular flexibility index (Phi) is 4.71. The standard InChI is InChI=1S/C17H26N2O/c1-2-18-17(14-6-4-3-5-7-14)10-11-19-12-15-8-9-16(13-19)20-15/h3-7,15-18H,2,8-13H2,1H3. The first-order valence-electron chi connectivity index (χ1n) is 8.01. The minimum atomic E-state index is 0.474. The molecule has 2 bridgehead atoms. The number of morpholine rings is 1. The van der Waals surface area contributed by atoms with Crippen LogP contribution in [-0.4, -0.2) is 43.3 Å². The molecule has 3 atom stereocenters. The summed E-state index contributed by atoms with van der Waals surface area (Å²) in [5.74, 6) is 0. The van der Waals surface area contributed by atoms with Crippen molar-refractivity contribution in [3.05, 3.63) is 35.9 Å². The van der Waals surface area contributed by atoms with Gasteiger partial charge in [0.1, 0.15) is 0 Å². The second kappa shape index (κ2) is 6.70. The first-order valence-corrected chi connectivity index (χ1v) is 8.01. The molecule has 2 aliphatic rings. The van der Waals surface area contributed by atoms with Crippen molar-refractivity contribution in [2.75, 3.05) is 26.2 Å². The lowest BCUT2D eigenvalue weighted by Crippen LogP contribution is -2.43. The minimum absolute atomic E-state index is 0.474. The van der Waals surface area contributed by atoms with Crippen LogP contribution in [0.5, 0.6) is 0 Å². The van der Waals surface area contributed by atoms with E-state index in [2.05, 4.69) is 47.5 Å². The first kappa shape index (κ1) is 14.1. The summed E-state index contributed by atoms with van der Waals surface area (Å²) in [7, 11) is 0. The van der Waals surface area contributed by atoms with Gasteiger partial charge >= 0.3 is 0 Å². The Bertz CT molecular complexity index is 397. The molecule has 2 saturated heterocycles. The first-order chi connectivity index (χ1) is 9.85. The SMILES string of the molecule is CCNC(CCN1CC2CCC(C1)O2)c1ccccc1. The Morgan fingerprint density at radius 1 is 1.20 bits per heavy atom. The van der Waals surface area contributed by atoms with E-state index in [1.54, 1.807) is 0 Å².